The largest absolute Gasteiger partial charge is 0.462 e. The lowest BCUT2D eigenvalue weighted by molar-refractivity contribution is -0.167. The number of allylic oxidation sites excluding steroid dienone is 4. The van der Waals surface area contributed by atoms with Crippen LogP contribution in [0.1, 0.15) is 329 Å². The predicted molar refractivity (Wildman–Crippen MR) is 289 cm³/mol. The summed E-state index contributed by atoms with van der Waals surface area (Å²) in [7, 11) is 0. The van der Waals surface area contributed by atoms with Gasteiger partial charge in [-0.15, -0.1) is 0 Å². The molecule has 0 aliphatic carbocycles. The van der Waals surface area contributed by atoms with Gasteiger partial charge in [-0.05, 0) is 70.6 Å². The Morgan fingerprint density at radius 3 is 0.746 bits per heavy atom. The Morgan fingerprint density at radius 1 is 0.284 bits per heavy atom. The van der Waals surface area contributed by atoms with Crippen LogP contribution < -0.4 is 0 Å². The SMILES string of the molecule is CCCCCCCC/C=C\CCCCCCCCCC(=O)OC[C@H](COC(=O)CCCCCCCCCCCCCCCCC)OC(=O)CCCCCCCCC/C=C\CCCCCCCC. The topological polar surface area (TPSA) is 78.9 Å². The molecule has 6 nitrogen and oxygen atoms in total. The standard InChI is InChI=1S/C61H114O6/c1-4-7-10-13-16-19-22-25-28-30-33-36-39-42-45-48-51-54-60(63)66-57-58(56-65-59(62)53-50-47-44-41-38-35-32-27-24-21-18-15-12-9-6-3)67-61(64)55-52-49-46-43-40-37-34-31-29-26-23-20-17-14-11-8-5-2/h25-26,28-29,58H,4-24,27,30-57H2,1-3H3/b28-25-,29-26-/t58-/m0/s1. The summed E-state index contributed by atoms with van der Waals surface area (Å²) in [6, 6.07) is 0. The van der Waals surface area contributed by atoms with Crippen LogP contribution in [0, 0.1) is 0 Å². The Morgan fingerprint density at radius 2 is 0.493 bits per heavy atom. The monoisotopic (exact) mass is 943 g/mol. The van der Waals surface area contributed by atoms with Gasteiger partial charge in [0, 0.05) is 19.3 Å². The van der Waals surface area contributed by atoms with Gasteiger partial charge in [0.1, 0.15) is 13.2 Å². The van der Waals surface area contributed by atoms with E-state index in [4.69, 9.17) is 14.2 Å². The second kappa shape index (κ2) is 56.5. The molecule has 0 spiro atoms. The van der Waals surface area contributed by atoms with E-state index in [-0.39, 0.29) is 31.1 Å². The lowest BCUT2D eigenvalue weighted by Crippen LogP contribution is -2.30. The molecule has 0 saturated carbocycles. The molecule has 0 fully saturated rings. The average Bonchev–Trinajstić information content (AvgIpc) is 3.33. The second-order valence-corrected chi connectivity index (χ2v) is 20.3. The van der Waals surface area contributed by atoms with Crippen LogP contribution in [0.15, 0.2) is 24.3 Å². The molecule has 0 aromatic heterocycles. The average molecular weight is 944 g/mol. The van der Waals surface area contributed by atoms with Gasteiger partial charge in [-0.2, -0.15) is 0 Å². The molecule has 1 atom stereocenters. The molecule has 0 bridgehead atoms. The lowest BCUT2D eigenvalue weighted by atomic mass is 10.0. The molecule has 0 unspecified atom stereocenters. The van der Waals surface area contributed by atoms with Crippen molar-refractivity contribution in [2.45, 2.75) is 335 Å². The number of rotatable bonds is 55. The van der Waals surface area contributed by atoms with Gasteiger partial charge in [-0.3, -0.25) is 14.4 Å². The summed E-state index contributed by atoms with van der Waals surface area (Å²) in [5, 5.41) is 0. The van der Waals surface area contributed by atoms with Crippen LogP contribution in [0.3, 0.4) is 0 Å². The Hall–Kier alpha value is -2.11. The fourth-order valence-electron chi connectivity index (χ4n) is 8.91. The van der Waals surface area contributed by atoms with Gasteiger partial charge in [0.25, 0.3) is 0 Å². The van der Waals surface area contributed by atoms with Crippen LogP contribution in [-0.2, 0) is 28.6 Å². The van der Waals surface area contributed by atoms with Gasteiger partial charge in [0.2, 0.25) is 0 Å². The Labute approximate surface area is 417 Å². The van der Waals surface area contributed by atoms with Crippen molar-refractivity contribution in [3.63, 3.8) is 0 Å². The van der Waals surface area contributed by atoms with Crippen molar-refractivity contribution in [2.24, 2.45) is 0 Å². The van der Waals surface area contributed by atoms with Crippen molar-refractivity contribution in [1.82, 2.24) is 0 Å². The van der Waals surface area contributed by atoms with Crippen molar-refractivity contribution in [1.29, 1.82) is 0 Å². The summed E-state index contributed by atoms with van der Waals surface area (Å²) in [6.45, 7) is 6.68. The number of ether oxygens (including phenoxy) is 3. The summed E-state index contributed by atoms with van der Waals surface area (Å²) in [6.07, 6.45) is 65.9. The van der Waals surface area contributed by atoms with E-state index in [9.17, 15) is 14.4 Å². The van der Waals surface area contributed by atoms with Gasteiger partial charge < -0.3 is 14.2 Å². The summed E-state index contributed by atoms with van der Waals surface area (Å²) in [5.41, 5.74) is 0. The van der Waals surface area contributed by atoms with Crippen LogP contribution in [0.25, 0.3) is 0 Å². The van der Waals surface area contributed by atoms with E-state index < -0.39 is 6.10 Å². The maximum absolute atomic E-state index is 12.9. The van der Waals surface area contributed by atoms with E-state index in [1.807, 2.05) is 0 Å². The Bertz CT molecular complexity index is 1080. The van der Waals surface area contributed by atoms with Gasteiger partial charge >= 0.3 is 17.9 Å². The van der Waals surface area contributed by atoms with Crippen molar-refractivity contribution in [2.75, 3.05) is 13.2 Å². The third kappa shape index (κ3) is 54.7. The van der Waals surface area contributed by atoms with Crippen molar-refractivity contribution < 1.29 is 28.6 Å². The third-order valence-electron chi connectivity index (χ3n) is 13.4. The molecule has 0 aliphatic heterocycles. The van der Waals surface area contributed by atoms with Crippen LogP contribution >= 0.6 is 0 Å². The molecule has 0 N–H and O–H groups in total. The first kappa shape index (κ1) is 64.9. The zero-order valence-corrected chi connectivity index (χ0v) is 45.2. The molecule has 67 heavy (non-hydrogen) atoms. The van der Waals surface area contributed by atoms with Crippen molar-refractivity contribution in [3.05, 3.63) is 24.3 Å². The highest BCUT2D eigenvalue weighted by Gasteiger charge is 2.19. The Kier molecular flexibility index (Phi) is 54.7. The van der Waals surface area contributed by atoms with E-state index in [1.165, 1.54) is 231 Å². The highest BCUT2D eigenvalue weighted by Crippen LogP contribution is 2.17. The normalized spacial score (nSPS) is 12.1. The molecule has 0 aliphatic rings. The molecule has 6 heteroatoms. The minimum Gasteiger partial charge on any atom is -0.462 e. The van der Waals surface area contributed by atoms with Gasteiger partial charge in [-0.1, -0.05) is 263 Å². The molecule has 0 radical (unpaired) electrons. The number of hydrogen-bond donors (Lipinski definition) is 0. The van der Waals surface area contributed by atoms with Crippen molar-refractivity contribution in [3.8, 4) is 0 Å². The second-order valence-electron chi connectivity index (χ2n) is 20.3. The number of unbranched alkanes of at least 4 members (excludes halogenated alkanes) is 40. The molecular weight excluding hydrogens is 829 g/mol. The van der Waals surface area contributed by atoms with Crippen LogP contribution in [0.4, 0.5) is 0 Å². The van der Waals surface area contributed by atoms with E-state index in [0.29, 0.717) is 19.3 Å². The number of hydrogen-bond acceptors (Lipinski definition) is 6. The molecule has 0 aromatic carbocycles. The van der Waals surface area contributed by atoms with E-state index in [2.05, 4.69) is 45.1 Å². The predicted octanol–water partition coefficient (Wildman–Crippen LogP) is 19.9. The zero-order valence-electron chi connectivity index (χ0n) is 45.2. The molecule has 0 saturated heterocycles. The maximum Gasteiger partial charge on any atom is 0.306 e. The molecule has 0 amide bonds. The Balaban J connectivity index is 4.34. The maximum atomic E-state index is 12.9. The van der Waals surface area contributed by atoms with E-state index in [1.54, 1.807) is 0 Å². The van der Waals surface area contributed by atoms with E-state index in [0.717, 1.165) is 57.8 Å². The first-order valence-electron chi connectivity index (χ1n) is 29.8. The number of carbonyl (C=O) groups excluding carboxylic acids is 3. The van der Waals surface area contributed by atoms with Crippen LogP contribution in [0.5, 0.6) is 0 Å². The van der Waals surface area contributed by atoms with Crippen LogP contribution in [0.2, 0.25) is 0 Å². The number of esters is 3. The summed E-state index contributed by atoms with van der Waals surface area (Å²) in [5.74, 6) is -0.857. The molecular formula is C61H114O6. The van der Waals surface area contributed by atoms with E-state index >= 15 is 0 Å². The fraction of sp³-hybridized carbons (Fsp3) is 0.885. The first-order chi connectivity index (χ1) is 33.0. The summed E-state index contributed by atoms with van der Waals surface area (Å²) >= 11 is 0. The van der Waals surface area contributed by atoms with Gasteiger partial charge in [-0.25, -0.2) is 0 Å². The van der Waals surface area contributed by atoms with Crippen molar-refractivity contribution >= 4 is 17.9 Å². The summed E-state index contributed by atoms with van der Waals surface area (Å²) < 4.78 is 16.9. The van der Waals surface area contributed by atoms with Gasteiger partial charge in [0.15, 0.2) is 6.10 Å². The molecule has 0 rings (SSSR count). The fourth-order valence-corrected chi connectivity index (χ4v) is 8.91. The minimum atomic E-state index is -0.772. The molecule has 0 aromatic rings. The molecule has 394 valence electrons. The lowest BCUT2D eigenvalue weighted by Gasteiger charge is -2.18. The summed E-state index contributed by atoms with van der Waals surface area (Å²) in [4.78, 5) is 38.2. The zero-order chi connectivity index (χ0) is 48.6. The first-order valence-corrected chi connectivity index (χ1v) is 29.8. The number of carbonyl (C=O) groups is 3. The highest BCUT2D eigenvalue weighted by atomic mass is 16.6. The quantitative estimate of drug-likeness (QED) is 0.0262. The third-order valence-corrected chi connectivity index (χ3v) is 13.4. The molecule has 0 heterocycles. The minimum absolute atomic E-state index is 0.0697. The van der Waals surface area contributed by atoms with Gasteiger partial charge in [0.05, 0.1) is 0 Å². The smallest absolute Gasteiger partial charge is 0.306 e. The highest BCUT2D eigenvalue weighted by molar-refractivity contribution is 5.71. The van der Waals surface area contributed by atoms with Crippen LogP contribution in [-0.4, -0.2) is 37.2 Å².